The van der Waals surface area contributed by atoms with Crippen LogP contribution in [0.1, 0.15) is 34.6 Å². The monoisotopic (exact) mass is 550 g/mol. The third kappa shape index (κ3) is 8.31. The molecule has 0 radical (unpaired) electrons. The van der Waals surface area contributed by atoms with Gasteiger partial charge in [0.15, 0.2) is 24.8 Å². The highest BCUT2D eigenvalue weighted by molar-refractivity contribution is 5.74. The van der Waals surface area contributed by atoms with Crippen LogP contribution in [-0.2, 0) is 52.4 Å². The van der Waals surface area contributed by atoms with E-state index in [1.807, 2.05) is 0 Å². The van der Waals surface area contributed by atoms with Crippen molar-refractivity contribution in [3.05, 3.63) is 0 Å². The van der Waals surface area contributed by atoms with Crippen LogP contribution in [0.2, 0.25) is 0 Å². The van der Waals surface area contributed by atoms with Gasteiger partial charge in [0.2, 0.25) is 11.8 Å². The lowest BCUT2D eigenvalue weighted by Gasteiger charge is -2.48. The average molecular weight is 551 g/mol. The standard InChI is InChI=1S/C22H34N2O14/c1-8(26)23-15-17(31)18(13(6-25)36-21(15)32)38-22-16(24-9(2)27)20(35-12(5)30)19(34-11(4)29)14(37-22)7-33-10(3)28/h13-22,25,31-32H,6-7H2,1-5H3,(H,23,26)(H,24,27)/t13-,14-,15-,16+,17-,18+,19+,20-,21-,22+/m1/s1. The molecule has 0 aromatic heterocycles. The average Bonchev–Trinajstić information content (AvgIpc) is 2.79. The molecule has 0 saturated carbocycles. The Morgan fingerprint density at radius 3 is 1.79 bits per heavy atom. The molecule has 0 spiro atoms. The number of carbonyl (C=O) groups excluding carboxylic acids is 5. The largest absolute Gasteiger partial charge is 0.463 e. The van der Waals surface area contributed by atoms with Gasteiger partial charge in [0, 0.05) is 34.6 Å². The summed E-state index contributed by atoms with van der Waals surface area (Å²) in [6, 6.07) is -2.73. The molecule has 0 aromatic carbocycles. The van der Waals surface area contributed by atoms with E-state index in [1.54, 1.807) is 0 Å². The van der Waals surface area contributed by atoms with E-state index in [1.165, 1.54) is 0 Å². The lowest BCUT2D eigenvalue weighted by molar-refractivity contribution is -0.329. The first-order valence-electron chi connectivity index (χ1n) is 11.7. The van der Waals surface area contributed by atoms with E-state index in [0.717, 1.165) is 34.6 Å². The van der Waals surface area contributed by atoms with Gasteiger partial charge in [0.05, 0.1) is 6.61 Å². The lowest BCUT2D eigenvalue weighted by atomic mass is 9.94. The molecule has 2 heterocycles. The number of nitrogens with one attached hydrogen (secondary N) is 2. The molecule has 38 heavy (non-hydrogen) atoms. The highest BCUT2D eigenvalue weighted by Gasteiger charge is 2.54. The van der Waals surface area contributed by atoms with Gasteiger partial charge in [-0.2, -0.15) is 0 Å². The Morgan fingerprint density at radius 2 is 1.29 bits per heavy atom. The molecule has 0 aromatic rings. The summed E-state index contributed by atoms with van der Waals surface area (Å²) >= 11 is 0. The summed E-state index contributed by atoms with van der Waals surface area (Å²) in [5.74, 6) is -3.56. The molecule has 0 aliphatic carbocycles. The van der Waals surface area contributed by atoms with Gasteiger partial charge in [-0.1, -0.05) is 0 Å². The van der Waals surface area contributed by atoms with E-state index < -0.39 is 104 Å². The van der Waals surface area contributed by atoms with Gasteiger partial charge in [-0.3, -0.25) is 24.0 Å². The fourth-order valence-corrected chi connectivity index (χ4v) is 4.20. The van der Waals surface area contributed by atoms with E-state index in [-0.39, 0.29) is 0 Å². The third-order valence-corrected chi connectivity index (χ3v) is 5.60. The third-order valence-electron chi connectivity index (χ3n) is 5.60. The maximum absolute atomic E-state index is 12.1. The molecule has 216 valence electrons. The molecule has 2 fully saturated rings. The number of aliphatic hydroxyl groups excluding tert-OH is 3. The van der Waals surface area contributed by atoms with E-state index >= 15 is 0 Å². The molecular weight excluding hydrogens is 516 g/mol. The summed E-state index contributed by atoms with van der Waals surface area (Å²) in [4.78, 5) is 58.9. The molecule has 2 saturated heterocycles. The lowest BCUT2D eigenvalue weighted by Crippen LogP contribution is -2.70. The highest BCUT2D eigenvalue weighted by atomic mass is 16.7. The predicted octanol–water partition coefficient (Wildman–Crippen LogP) is -3.40. The Labute approximate surface area is 217 Å². The van der Waals surface area contributed by atoms with Crippen molar-refractivity contribution < 1.29 is 67.7 Å². The molecule has 2 amide bonds. The molecule has 2 aliphatic heterocycles. The zero-order valence-corrected chi connectivity index (χ0v) is 21.5. The molecular formula is C22H34N2O14. The molecule has 16 nitrogen and oxygen atoms in total. The minimum Gasteiger partial charge on any atom is -0.463 e. The van der Waals surface area contributed by atoms with Crippen LogP contribution >= 0.6 is 0 Å². The summed E-state index contributed by atoms with van der Waals surface area (Å²) in [5.41, 5.74) is 0. The molecule has 5 N–H and O–H groups in total. The predicted molar refractivity (Wildman–Crippen MR) is 120 cm³/mol. The molecule has 2 rings (SSSR count). The molecule has 0 bridgehead atoms. The minimum atomic E-state index is -1.71. The second-order valence-electron chi connectivity index (χ2n) is 8.79. The minimum absolute atomic E-state index is 0.488. The van der Waals surface area contributed by atoms with E-state index in [9.17, 15) is 39.3 Å². The second kappa shape index (κ2) is 13.8. The first-order valence-corrected chi connectivity index (χ1v) is 11.7. The smallest absolute Gasteiger partial charge is 0.303 e. The van der Waals surface area contributed by atoms with Crippen LogP contribution in [0.4, 0.5) is 0 Å². The Bertz CT molecular complexity index is 884. The number of hydrogen-bond donors (Lipinski definition) is 5. The van der Waals surface area contributed by atoms with Crippen molar-refractivity contribution in [2.75, 3.05) is 13.2 Å². The van der Waals surface area contributed by atoms with E-state index in [0.29, 0.717) is 0 Å². The van der Waals surface area contributed by atoms with Crippen LogP contribution in [0.5, 0.6) is 0 Å². The number of carbonyl (C=O) groups is 5. The summed E-state index contributed by atoms with van der Waals surface area (Å²) in [6.07, 6.45) is -11.8. The van der Waals surface area contributed by atoms with Crippen molar-refractivity contribution >= 4 is 29.7 Å². The van der Waals surface area contributed by atoms with Crippen molar-refractivity contribution in [3.8, 4) is 0 Å². The van der Waals surface area contributed by atoms with Crippen molar-refractivity contribution in [1.82, 2.24) is 10.6 Å². The van der Waals surface area contributed by atoms with Crippen LogP contribution in [0.25, 0.3) is 0 Å². The van der Waals surface area contributed by atoms with Gasteiger partial charge >= 0.3 is 17.9 Å². The Morgan fingerprint density at radius 1 is 0.737 bits per heavy atom. The highest BCUT2D eigenvalue weighted by Crippen LogP contribution is 2.31. The zero-order chi connectivity index (χ0) is 28.7. The van der Waals surface area contributed by atoms with Crippen LogP contribution in [0.3, 0.4) is 0 Å². The van der Waals surface area contributed by atoms with Crippen LogP contribution in [0.15, 0.2) is 0 Å². The van der Waals surface area contributed by atoms with Gasteiger partial charge in [-0.15, -0.1) is 0 Å². The number of aliphatic hydroxyl groups is 3. The van der Waals surface area contributed by atoms with Crippen LogP contribution in [0, 0.1) is 0 Å². The van der Waals surface area contributed by atoms with Gasteiger partial charge in [0.25, 0.3) is 0 Å². The zero-order valence-electron chi connectivity index (χ0n) is 21.5. The molecule has 0 unspecified atom stereocenters. The number of amides is 2. The number of rotatable bonds is 9. The topological polar surface area (TPSA) is 225 Å². The van der Waals surface area contributed by atoms with Crippen molar-refractivity contribution in [2.45, 2.75) is 95.9 Å². The molecule has 10 atom stereocenters. The van der Waals surface area contributed by atoms with Gasteiger partial charge in [-0.05, 0) is 0 Å². The van der Waals surface area contributed by atoms with Crippen LogP contribution < -0.4 is 10.6 Å². The van der Waals surface area contributed by atoms with Gasteiger partial charge in [0.1, 0.15) is 43.1 Å². The summed E-state index contributed by atoms with van der Waals surface area (Å²) in [6.45, 7) is 4.33. The summed E-state index contributed by atoms with van der Waals surface area (Å²) < 4.78 is 32.8. The number of esters is 3. The molecule has 2 aliphatic rings. The summed E-state index contributed by atoms with van der Waals surface area (Å²) in [5, 5.41) is 35.7. The van der Waals surface area contributed by atoms with Gasteiger partial charge in [-0.25, -0.2) is 0 Å². The van der Waals surface area contributed by atoms with Crippen LogP contribution in [-0.4, -0.2) is 120 Å². The Balaban J connectivity index is 2.50. The first kappa shape index (κ1) is 31.3. The van der Waals surface area contributed by atoms with Crippen molar-refractivity contribution in [2.24, 2.45) is 0 Å². The van der Waals surface area contributed by atoms with E-state index in [2.05, 4.69) is 10.6 Å². The fourth-order valence-electron chi connectivity index (χ4n) is 4.20. The normalized spacial score (nSPS) is 34.9. The fraction of sp³-hybridized carbons (Fsp3) is 0.773. The summed E-state index contributed by atoms with van der Waals surface area (Å²) in [7, 11) is 0. The number of ether oxygens (including phenoxy) is 6. The second-order valence-corrected chi connectivity index (χ2v) is 8.79. The maximum Gasteiger partial charge on any atom is 0.303 e. The van der Waals surface area contributed by atoms with Crippen molar-refractivity contribution in [3.63, 3.8) is 0 Å². The van der Waals surface area contributed by atoms with E-state index in [4.69, 9.17) is 28.4 Å². The SMILES string of the molecule is CC(=O)N[C@@H]1[C@H](O[C@@H]2[C@H](O)[C@@H](NC(C)=O)[C@H](O)O[C@@H]2CO)O[C@H](COC(C)=O)[C@H](OC(C)=O)[C@@H]1OC(C)=O. The molecule has 16 heteroatoms. The Hall–Kier alpha value is -2.89. The van der Waals surface area contributed by atoms with Crippen molar-refractivity contribution in [1.29, 1.82) is 0 Å². The maximum atomic E-state index is 12.1. The number of hydrogen-bond acceptors (Lipinski definition) is 14. The first-order chi connectivity index (χ1) is 17.7. The Kier molecular flexibility index (Phi) is 11.4. The van der Waals surface area contributed by atoms with Gasteiger partial charge < -0.3 is 54.4 Å². The quantitative estimate of drug-likeness (QED) is 0.139.